The standard InChI is InChI=1S/C35H38N2O4/c1-21-17-26(18-22(2)33(21)40-6)30(27-19-23(3)34(41-7)24(4)20-27)37-31(25-11-9-8-10-12-25)32(37)35(38)36-28-13-15-29(39-5)16-14-28/h8-20,30-32H,1-7H3,(H,36,38)/t31-,32+,37?/m0/s1. The predicted octanol–water partition coefficient (Wildman–Crippen LogP) is 7.10. The van der Waals surface area contributed by atoms with E-state index in [0.717, 1.165) is 61.9 Å². The second-order valence-electron chi connectivity index (χ2n) is 10.7. The maximum Gasteiger partial charge on any atom is 0.243 e. The Bertz CT molecular complexity index is 1440. The fourth-order valence-electron chi connectivity index (χ4n) is 6.21. The SMILES string of the molecule is COc1ccc(NC(=O)[C@H]2[C@H](c3ccccc3)N2C(c2cc(C)c(OC)c(C)c2)c2cc(C)c(OC)c(C)c2)cc1. The van der Waals surface area contributed by atoms with E-state index in [1.807, 2.05) is 42.5 Å². The minimum absolute atomic E-state index is 0.0436. The predicted molar refractivity (Wildman–Crippen MR) is 163 cm³/mol. The van der Waals surface area contributed by atoms with E-state index in [2.05, 4.69) is 74.3 Å². The highest BCUT2D eigenvalue weighted by Gasteiger charge is 2.57. The van der Waals surface area contributed by atoms with E-state index in [1.54, 1.807) is 21.3 Å². The van der Waals surface area contributed by atoms with Gasteiger partial charge in [0.05, 0.1) is 33.4 Å². The molecule has 0 radical (unpaired) electrons. The maximum absolute atomic E-state index is 13.9. The average molecular weight is 551 g/mol. The Morgan fingerprint density at radius 3 is 1.63 bits per heavy atom. The topological polar surface area (TPSA) is 59.8 Å². The molecule has 1 N–H and O–H groups in total. The van der Waals surface area contributed by atoms with E-state index in [4.69, 9.17) is 14.2 Å². The Morgan fingerprint density at radius 2 is 1.20 bits per heavy atom. The lowest BCUT2D eigenvalue weighted by Crippen LogP contribution is -2.24. The monoisotopic (exact) mass is 550 g/mol. The molecule has 1 amide bonds. The molecule has 0 bridgehead atoms. The number of rotatable bonds is 9. The second-order valence-corrected chi connectivity index (χ2v) is 10.7. The third kappa shape index (κ3) is 5.52. The minimum atomic E-state index is -0.366. The van der Waals surface area contributed by atoms with Crippen LogP contribution in [-0.2, 0) is 4.79 Å². The van der Waals surface area contributed by atoms with Crippen LogP contribution >= 0.6 is 0 Å². The van der Waals surface area contributed by atoms with Crippen LogP contribution in [0.5, 0.6) is 17.2 Å². The van der Waals surface area contributed by atoms with Crippen LogP contribution in [-0.4, -0.2) is 38.2 Å². The summed E-state index contributed by atoms with van der Waals surface area (Å²) in [5, 5.41) is 3.15. The Kier molecular flexibility index (Phi) is 8.04. The molecule has 0 saturated carbocycles. The van der Waals surface area contributed by atoms with Crippen LogP contribution in [0.25, 0.3) is 0 Å². The molecule has 6 heteroatoms. The molecule has 1 aliphatic heterocycles. The molecule has 5 rings (SSSR count). The second kappa shape index (κ2) is 11.7. The van der Waals surface area contributed by atoms with Crippen LogP contribution in [0.1, 0.15) is 51.0 Å². The number of ether oxygens (including phenoxy) is 3. The normalized spacial score (nSPS) is 17.7. The van der Waals surface area contributed by atoms with Crippen molar-refractivity contribution in [1.82, 2.24) is 4.90 Å². The summed E-state index contributed by atoms with van der Waals surface area (Å²) in [5.74, 6) is 2.47. The molecule has 6 nitrogen and oxygen atoms in total. The van der Waals surface area contributed by atoms with E-state index >= 15 is 0 Å². The number of carbonyl (C=O) groups is 1. The molecular weight excluding hydrogens is 512 g/mol. The lowest BCUT2D eigenvalue weighted by molar-refractivity contribution is -0.116. The third-order valence-electron chi connectivity index (χ3n) is 7.92. The van der Waals surface area contributed by atoms with Gasteiger partial charge in [0.25, 0.3) is 0 Å². The van der Waals surface area contributed by atoms with Crippen molar-refractivity contribution in [2.45, 2.75) is 45.8 Å². The number of hydrogen-bond donors (Lipinski definition) is 1. The summed E-state index contributed by atoms with van der Waals surface area (Å²) in [4.78, 5) is 16.3. The zero-order valence-corrected chi connectivity index (χ0v) is 24.8. The summed E-state index contributed by atoms with van der Waals surface area (Å²) < 4.78 is 16.7. The summed E-state index contributed by atoms with van der Waals surface area (Å²) in [5.41, 5.74) is 8.32. The van der Waals surface area contributed by atoms with Crippen LogP contribution < -0.4 is 19.5 Å². The molecule has 4 aromatic carbocycles. The van der Waals surface area contributed by atoms with Crippen LogP contribution in [0.3, 0.4) is 0 Å². The quantitative estimate of drug-likeness (QED) is 0.225. The summed E-state index contributed by atoms with van der Waals surface area (Å²) in [7, 11) is 5.04. The first-order chi connectivity index (χ1) is 19.8. The van der Waals surface area contributed by atoms with Crippen LogP contribution in [0.2, 0.25) is 0 Å². The van der Waals surface area contributed by atoms with Crippen molar-refractivity contribution in [3.63, 3.8) is 0 Å². The van der Waals surface area contributed by atoms with Crippen molar-refractivity contribution in [1.29, 1.82) is 0 Å². The van der Waals surface area contributed by atoms with Crippen LogP contribution in [0.4, 0.5) is 5.69 Å². The largest absolute Gasteiger partial charge is 0.497 e. The van der Waals surface area contributed by atoms with E-state index in [1.165, 1.54) is 0 Å². The maximum atomic E-state index is 13.9. The molecule has 0 spiro atoms. The highest BCUT2D eigenvalue weighted by molar-refractivity contribution is 5.98. The molecule has 4 aromatic rings. The number of benzene rings is 4. The number of methoxy groups -OCH3 is 3. The van der Waals surface area contributed by atoms with Gasteiger partial charge in [-0.05, 0) is 90.9 Å². The Morgan fingerprint density at radius 1 is 0.707 bits per heavy atom. The zero-order valence-electron chi connectivity index (χ0n) is 24.8. The zero-order chi connectivity index (χ0) is 29.3. The van der Waals surface area contributed by atoms with Gasteiger partial charge in [0.2, 0.25) is 5.91 Å². The van der Waals surface area contributed by atoms with Crippen LogP contribution in [0.15, 0.2) is 78.9 Å². The van der Waals surface area contributed by atoms with Gasteiger partial charge in [-0.2, -0.15) is 0 Å². The summed E-state index contributed by atoms with van der Waals surface area (Å²) in [6.07, 6.45) is 0. The molecule has 212 valence electrons. The van der Waals surface area contributed by atoms with Gasteiger partial charge in [-0.15, -0.1) is 0 Å². The summed E-state index contributed by atoms with van der Waals surface area (Å²) in [6, 6.07) is 25.8. The molecule has 0 aliphatic carbocycles. The smallest absolute Gasteiger partial charge is 0.243 e. The van der Waals surface area contributed by atoms with Crippen molar-refractivity contribution in [2.75, 3.05) is 26.6 Å². The van der Waals surface area contributed by atoms with Gasteiger partial charge in [-0.3, -0.25) is 9.69 Å². The first kappa shape index (κ1) is 28.2. The molecule has 3 atom stereocenters. The highest BCUT2D eigenvalue weighted by Crippen LogP contribution is 2.53. The minimum Gasteiger partial charge on any atom is -0.497 e. The van der Waals surface area contributed by atoms with Gasteiger partial charge in [0.1, 0.15) is 23.3 Å². The van der Waals surface area contributed by atoms with Crippen molar-refractivity contribution >= 4 is 11.6 Å². The Labute approximate surface area is 242 Å². The number of aryl methyl sites for hydroxylation is 4. The molecule has 1 fully saturated rings. The average Bonchev–Trinajstić information content (AvgIpc) is 3.69. The number of hydrogen-bond acceptors (Lipinski definition) is 5. The fraction of sp³-hybridized carbons (Fsp3) is 0.286. The molecule has 1 saturated heterocycles. The molecule has 1 aliphatic rings. The Hall–Kier alpha value is -4.29. The number of amides is 1. The summed E-state index contributed by atoms with van der Waals surface area (Å²) in [6.45, 7) is 8.28. The third-order valence-corrected chi connectivity index (χ3v) is 7.92. The molecule has 41 heavy (non-hydrogen) atoms. The number of nitrogens with zero attached hydrogens (tertiary/aromatic N) is 1. The number of carbonyl (C=O) groups excluding carboxylic acids is 1. The molecule has 1 heterocycles. The van der Waals surface area contributed by atoms with Gasteiger partial charge in [-0.25, -0.2) is 0 Å². The van der Waals surface area contributed by atoms with Crippen molar-refractivity contribution in [2.24, 2.45) is 0 Å². The number of nitrogens with one attached hydrogen (secondary N) is 1. The van der Waals surface area contributed by atoms with E-state index in [-0.39, 0.29) is 24.0 Å². The first-order valence-corrected chi connectivity index (χ1v) is 13.8. The van der Waals surface area contributed by atoms with E-state index < -0.39 is 0 Å². The first-order valence-electron chi connectivity index (χ1n) is 13.8. The van der Waals surface area contributed by atoms with Crippen LogP contribution in [0, 0.1) is 27.7 Å². The van der Waals surface area contributed by atoms with E-state index in [9.17, 15) is 4.79 Å². The van der Waals surface area contributed by atoms with Gasteiger partial charge >= 0.3 is 0 Å². The van der Waals surface area contributed by atoms with Crippen molar-refractivity contribution < 1.29 is 19.0 Å². The van der Waals surface area contributed by atoms with Crippen molar-refractivity contribution in [3.8, 4) is 17.2 Å². The molecular formula is C35H38N2O4. The lowest BCUT2D eigenvalue weighted by Gasteiger charge is -2.25. The summed E-state index contributed by atoms with van der Waals surface area (Å²) >= 11 is 0. The van der Waals surface area contributed by atoms with Gasteiger partial charge in [0.15, 0.2) is 0 Å². The van der Waals surface area contributed by atoms with Gasteiger partial charge in [-0.1, -0.05) is 54.6 Å². The fourth-order valence-corrected chi connectivity index (χ4v) is 6.21. The van der Waals surface area contributed by atoms with Gasteiger partial charge < -0.3 is 19.5 Å². The van der Waals surface area contributed by atoms with Crippen molar-refractivity contribution in [3.05, 3.63) is 118 Å². The molecule has 0 aromatic heterocycles. The van der Waals surface area contributed by atoms with E-state index in [0.29, 0.717) is 0 Å². The molecule has 1 unspecified atom stereocenters. The lowest BCUT2D eigenvalue weighted by atomic mass is 9.92. The van der Waals surface area contributed by atoms with Gasteiger partial charge in [0, 0.05) is 5.69 Å². The Balaban J connectivity index is 1.62. The highest BCUT2D eigenvalue weighted by atomic mass is 16.5. The number of anilines is 1.